The zero-order valence-corrected chi connectivity index (χ0v) is 21.9. The van der Waals surface area contributed by atoms with Gasteiger partial charge < -0.3 is 4.57 Å². The molecule has 3 heterocycles. The van der Waals surface area contributed by atoms with Gasteiger partial charge in [0.2, 0.25) is 0 Å². The minimum absolute atomic E-state index is 0. The molecule has 0 fully saturated rings. The minimum Gasteiger partial charge on any atom is -0.365 e. The van der Waals surface area contributed by atoms with E-state index in [0.29, 0.717) is 0 Å². The second-order valence-corrected chi connectivity index (χ2v) is 9.43. The van der Waals surface area contributed by atoms with Crippen LogP contribution in [0, 0.1) is 12.1 Å². The van der Waals surface area contributed by atoms with Crippen molar-refractivity contribution in [2.75, 3.05) is 13.6 Å². The molecule has 1 aromatic heterocycles. The molecule has 8 bridgehead atoms. The average Bonchev–Trinajstić information content (AvgIpc) is 3.42. The van der Waals surface area contributed by atoms with Gasteiger partial charge in [0.15, 0.2) is 0 Å². The summed E-state index contributed by atoms with van der Waals surface area (Å²) in [6, 6.07) is 28.4. The second kappa shape index (κ2) is 8.28. The van der Waals surface area contributed by atoms with E-state index in [4.69, 9.17) is 9.98 Å². The Bertz CT molecular complexity index is 1490. The van der Waals surface area contributed by atoms with Crippen molar-refractivity contribution in [2.45, 2.75) is 19.3 Å². The van der Waals surface area contributed by atoms with E-state index in [9.17, 15) is 0 Å². The smallest absolute Gasteiger partial charge is 0.365 e. The third-order valence-corrected chi connectivity index (χ3v) is 6.78. The van der Waals surface area contributed by atoms with Gasteiger partial charge in [0, 0.05) is 24.2 Å². The first kappa shape index (κ1) is 22.7. The number of hydrogen-bond donors (Lipinski definition) is 0. The predicted octanol–water partition coefficient (Wildman–Crippen LogP) is 4.88. The number of aryl methyl sites for hydroxylation is 1. The maximum Gasteiger partial charge on any atom is 2.00 e. The molecule has 2 aliphatic rings. The van der Waals surface area contributed by atoms with Gasteiger partial charge in [-0.3, -0.25) is 9.56 Å². The van der Waals surface area contributed by atoms with Gasteiger partial charge in [0.1, 0.15) is 12.3 Å². The van der Waals surface area contributed by atoms with E-state index in [1.807, 2.05) is 0 Å². The normalized spacial score (nSPS) is 15.6. The van der Waals surface area contributed by atoms with E-state index in [1.165, 1.54) is 0 Å². The van der Waals surface area contributed by atoms with Crippen molar-refractivity contribution >= 4 is 11.5 Å². The van der Waals surface area contributed by atoms with Crippen molar-refractivity contribution in [2.24, 2.45) is 12.0 Å². The predicted molar refractivity (Wildman–Crippen MR) is 132 cm³/mol. The Morgan fingerprint density at radius 2 is 1.59 bits per heavy atom. The summed E-state index contributed by atoms with van der Waals surface area (Å²) in [6.45, 7) is 5.17. The number of aromatic nitrogens is 2. The van der Waals surface area contributed by atoms with Crippen LogP contribution in [0.2, 0.25) is 0 Å². The van der Waals surface area contributed by atoms with Crippen LogP contribution in [0.5, 0.6) is 0 Å². The van der Waals surface area contributed by atoms with Crippen molar-refractivity contribution in [1.29, 1.82) is 0 Å². The summed E-state index contributed by atoms with van der Waals surface area (Å²) in [5, 5.41) is 0. The molecule has 0 N–H and O–H groups in total. The SMILES string of the molecule is Cn1cc2nc1-c1[c-]c(ccc1)-c1ccccc1C1=[N+](C)CC(=N1)c1[c-]c(ccc1)C2(C)C.[Pt+2]. The van der Waals surface area contributed by atoms with Gasteiger partial charge in [-0.15, -0.1) is 59.7 Å². The van der Waals surface area contributed by atoms with E-state index in [0.717, 1.165) is 63.0 Å². The number of benzene rings is 3. The summed E-state index contributed by atoms with van der Waals surface area (Å²) < 4.78 is 4.32. The molecule has 3 aromatic carbocycles. The third-order valence-electron chi connectivity index (χ3n) is 6.78. The fourth-order valence-electron chi connectivity index (χ4n) is 4.79. The van der Waals surface area contributed by atoms with Crippen LogP contribution < -0.4 is 0 Å². The number of amidine groups is 1. The quantitative estimate of drug-likeness (QED) is 0.203. The first-order chi connectivity index (χ1) is 15.9. The van der Waals surface area contributed by atoms with Gasteiger partial charge in [0.05, 0.1) is 18.6 Å². The largest absolute Gasteiger partial charge is 2.00 e. The van der Waals surface area contributed by atoms with E-state index in [-0.39, 0.29) is 26.5 Å². The molecule has 0 saturated heterocycles. The first-order valence-electron chi connectivity index (χ1n) is 11.3. The van der Waals surface area contributed by atoms with Crippen molar-refractivity contribution in [3.63, 3.8) is 0 Å². The molecule has 0 spiro atoms. The molecule has 0 aliphatic carbocycles. The van der Waals surface area contributed by atoms with Gasteiger partial charge in [-0.2, -0.15) is 0 Å². The number of aliphatic imine (C=N–C) groups is 1. The van der Waals surface area contributed by atoms with Crippen LogP contribution in [0.3, 0.4) is 0 Å². The molecule has 4 aromatic rings. The zero-order chi connectivity index (χ0) is 22.7. The Labute approximate surface area is 215 Å². The molecule has 170 valence electrons. The van der Waals surface area contributed by atoms with Gasteiger partial charge in [-0.25, -0.2) is 0 Å². The number of hydrogen-bond acceptors (Lipinski definition) is 2. The first-order valence-corrected chi connectivity index (χ1v) is 11.3. The van der Waals surface area contributed by atoms with E-state index < -0.39 is 0 Å². The van der Waals surface area contributed by atoms with Crippen molar-refractivity contribution in [3.05, 3.63) is 101 Å². The van der Waals surface area contributed by atoms with Crippen LogP contribution in [-0.2, 0) is 33.5 Å². The van der Waals surface area contributed by atoms with Crippen molar-refractivity contribution in [1.82, 2.24) is 9.55 Å². The Morgan fingerprint density at radius 1 is 0.882 bits per heavy atom. The molecule has 34 heavy (non-hydrogen) atoms. The molecule has 0 radical (unpaired) electrons. The average molecular weight is 625 g/mol. The van der Waals surface area contributed by atoms with Gasteiger partial charge in [-0.1, -0.05) is 59.8 Å². The molecule has 6 rings (SSSR count). The molecule has 0 unspecified atom stereocenters. The fourth-order valence-corrected chi connectivity index (χ4v) is 4.79. The van der Waals surface area contributed by atoms with Crippen molar-refractivity contribution in [3.8, 4) is 22.5 Å². The van der Waals surface area contributed by atoms with Gasteiger partial charge in [-0.05, 0) is 0 Å². The Kier molecular flexibility index (Phi) is 5.53. The van der Waals surface area contributed by atoms with Crippen LogP contribution in [0.4, 0.5) is 0 Å². The standard InChI is InChI=1S/C29H25N4.Pt/c1-29(2)22-12-8-10-20(16-22)25-17-32(3)28(30-25)24-14-6-5-13-23(24)19-9-7-11-21(15-19)27-31-26(29)18-33(27)4;/h5-14,18H,17H2,1-4H3;/q-1;+2. The van der Waals surface area contributed by atoms with E-state index in [2.05, 4.69) is 116 Å². The summed E-state index contributed by atoms with van der Waals surface area (Å²) in [5.74, 6) is 1.89. The Hall–Kier alpha value is -3.10. The molecule has 0 saturated carbocycles. The Balaban J connectivity index is 0.00000241. The molecular weight excluding hydrogens is 599 g/mol. The maximum absolute atomic E-state index is 5.11. The number of fused-ring (bicyclic) bond motifs is 12. The Morgan fingerprint density at radius 3 is 2.41 bits per heavy atom. The summed E-state index contributed by atoms with van der Waals surface area (Å²) in [4.78, 5) is 10.2. The maximum atomic E-state index is 5.11. The molecule has 0 atom stereocenters. The summed E-state index contributed by atoms with van der Waals surface area (Å²) >= 11 is 0. The second-order valence-electron chi connectivity index (χ2n) is 9.43. The number of nitrogens with zero attached hydrogens (tertiary/aromatic N) is 4. The third kappa shape index (κ3) is 3.52. The summed E-state index contributed by atoms with van der Waals surface area (Å²) in [7, 11) is 4.16. The van der Waals surface area contributed by atoms with Crippen LogP contribution in [0.1, 0.15) is 36.2 Å². The fraction of sp³-hybridized carbons (Fsp3) is 0.207. The molecule has 2 aliphatic heterocycles. The van der Waals surface area contributed by atoms with Gasteiger partial charge in [0.25, 0.3) is 0 Å². The molecule has 5 heteroatoms. The number of imidazole rings is 1. The van der Waals surface area contributed by atoms with Crippen LogP contribution in [0.25, 0.3) is 22.5 Å². The molecule has 4 nitrogen and oxygen atoms in total. The number of likely N-dealkylation sites (N-methyl/N-ethyl adjacent to an activating group) is 1. The van der Waals surface area contributed by atoms with Crippen molar-refractivity contribution < 1.29 is 25.6 Å². The van der Waals surface area contributed by atoms with Gasteiger partial charge >= 0.3 is 26.9 Å². The summed E-state index contributed by atoms with van der Waals surface area (Å²) in [6.07, 6.45) is 2.13. The van der Waals surface area contributed by atoms with E-state index in [1.54, 1.807) is 0 Å². The zero-order valence-electron chi connectivity index (χ0n) is 19.7. The van der Waals surface area contributed by atoms with E-state index >= 15 is 0 Å². The van der Waals surface area contributed by atoms with Crippen LogP contribution in [-0.4, -0.2) is 39.3 Å². The minimum atomic E-state index is -0.301. The monoisotopic (exact) mass is 624 g/mol. The van der Waals surface area contributed by atoms with Crippen LogP contribution in [0.15, 0.2) is 71.9 Å². The summed E-state index contributed by atoms with van der Waals surface area (Å²) in [5.41, 5.74) is 8.14. The van der Waals surface area contributed by atoms with Crippen LogP contribution >= 0.6 is 0 Å². The topological polar surface area (TPSA) is 33.2 Å². The molecule has 0 amide bonds. The number of rotatable bonds is 0. The molecular formula is C29H25N4Pt+.